The van der Waals surface area contributed by atoms with Gasteiger partial charge in [0.15, 0.2) is 0 Å². The summed E-state index contributed by atoms with van der Waals surface area (Å²) in [5, 5.41) is 12.6. The number of hydrogen-bond donors (Lipinski definition) is 1. The molecular formula is C17H17FO4. The summed E-state index contributed by atoms with van der Waals surface area (Å²) >= 11 is 0. The molecule has 0 spiro atoms. The summed E-state index contributed by atoms with van der Waals surface area (Å²) in [5.74, 6) is -1.49. The fraction of sp³-hybridized carbons (Fsp3) is 0.235. The second-order valence-electron chi connectivity index (χ2n) is 5.03. The molecule has 1 aromatic carbocycles. The molecule has 1 aromatic rings. The van der Waals surface area contributed by atoms with Crippen molar-refractivity contribution >= 4 is 6.47 Å². The van der Waals surface area contributed by atoms with E-state index in [1.807, 2.05) is 0 Å². The lowest BCUT2D eigenvalue weighted by Crippen LogP contribution is -2.33. The largest absolute Gasteiger partial charge is 0.468 e. The Labute approximate surface area is 127 Å². The molecule has 0 fully saturated rings. The molecule has 0 radical (unpaired) electrons. The van der Waals surface area contributed by atoms with Crippen LogP contribution < -0.4 is 4.74 Å². The number of carbonyl (C=O) groups is 1. The maximum Gasteiger partial charge on any atom is 0.293 e. The first-order valence-electron chi connectivity index (χ1n) is 6.83. The van der Waals surface area contributed by atoms with Crippen molar-refractivity contribution in [3.05, 3.63) is 64.8 Å². The molecule has 22 heavy (non-hydrogen) atoms. The number of ether oxygens (including phenoxy) is 2. The predicted octanol–water partition coefficient (Wildman–Crippen LogP) is 2.76. The van der Waals surface area contributed by atoms with Gasteiger partial charge in [0.2, 0.25) is 5.79 Å². The van der Waals surface area contributed by atoms with Crippen molar-refractivity contribution in [3.63, 3.8) is 0 Å². The van der Waals surface area contributed by atoms with Crippen molar-refractivity contribution in [3.8, 4) is 5.75 Å². The molecule has 0 aromatic heterocycles. The van der Waals surface area contributed by atoms with Crippen LogP contribution in [-0.2, 0) is 9.53 Å². The summed E-state index contributed by atoms with van der Waals surface area (Å²) in [4.78, 5) is 9.90. The predicted molar refractivity (Wildman–Crippen MR) is 78.4 cm³/mol. The molecule has 3 rings (SSSR count). The molecule has 2 aliphatic carbocycles. The fourth-order valence-electron chi connectivity index (χ4n) is 1.77. The highest BCUT2D eigenvalue weighted by atomic mass is 19.1. The van der Waals surface area contributed by atoms with Crippen LogP contribution in [0.4, 0.5) is 4.39 Å². The Morgan fingerprint density at radius 3 is 2.05 bits per heavy atom. The Balaban J connectivity index is 0.000000238. The van der Waals surface area contributed by atoms with Crippen molar-refractivity contribution in [2.75, 3.05) is 6.61 Å². The van der Waals surface area contributed by atoms with E-state index in [1.165, 1.54) is 41.6 Å². The highest BCUT2D eigenvalue weighted by molar-refractivity contribution is 5.36. The van der Waals surface area contributed by atoms with Gasteiger partial charge in [0.05, 0.1) is 6.61 Å². The van der Waals surface area contributed by atoms with Gasteiger partial charge in [-0.15, -0.1) is 0 Å². The van der Waals surface area contributed by atoms with Crippen molar-refractivity contribution < 1.29 is 23.8 Å². The van der Waals surface area contributed by atoms with Crippen LogP contribution in [0.3, 0.4) is 0 Å². The summed E-state index contributed by atoms with van der Waals surface area (Å²) in [7, 11) is 0. The van der Waals surface area contributed by atoms with Gasteiger partial charge < -0.3 is 14.6 Å². The summed E-state index contributed by atoms with van der Waals surface area (Å²) in [5.41, 5.74) is 0. The van der Waals surface area contributed by atoms with Gasteiger partial charge in [-0.1, -0.05) is 24.3 Å². The van der Waals surface area contributed by atoms with Gasteiger partial charge in [-0.05, 0) is 34.7 Å². The molecule has 1 N–H and O–H groups in total. The lowest BCUT2D eigenvalue weighted by molar-refractivity contribution is -0.145. The van der Waals surface area contributed by atoms with E-state index in [1.54, 1.807) is 0 Å². The van der Waals surface area contributed by atoms with Crippen molar-refractivity contribution in [1.82, 2.24) is 0 Å². The first kappa shape index (κ1) is 16.0. The maximum absolute atomic E-state index is 12.6. The summed E-state index contributed by atoms with van der Waals surface area (Å²) in [6.07, 6.45) is 0.128. The fourth-order valence-corrected chi connectivity index (χ4v) is 1.77. The van der Waals surface area contributed by atoms with Crippen molar-refractivity contribution in [2.45, 2.75) is 19.1 Å². The van der Waals surface area contributed by atoms with E-state index in [2.05, 4.69) is 29.0 Å². The molecule has 0 saturated heterocycles. The number of hydrogen-bond acceptors (Lipinski definition) is 4. The number of halogens is 1. The van der Waals surface area contributed by atoms with Gasteiger partial charge >= 0.3 is 0 Å². The van der Waals surface area contributed by atoms with Crippen LogP contribution in [0.15, 0.2) is 48.5 Å². The smallest absolute Gasteiger partial charge is 0.293 e. The summed E-state index contributed by atoms with van der Waals surface area (Å²) in [6.45, 7) is 1.79. The van der Waals surface area contributed by atoms with Crippen LogP contribution in [0, 0.1) is 16.3 Å². The quantitative estimate of drug-likeness (QED) is 0.432. The normalized spacial score (nSPS) is 13.2. The minimum Gasteiger partial charge on any atom is -0.468 e. The number of benzene rings is 2. The highest BCUT2D eigenvalue weighted by Crippen LogP contribution is 2.19. The maximum atomic E-state index is 12.6. The lowest BCUT2D eigenvalue weighted by atomic mass is 10.1. The zero-order chi connectivity index (χ0) is 16.0. The molecule has 0 saturated carbocycles. The molecule has 4 nitrogen and oxygen atoms in total. The second-order valence-corrected chi connectivity index (χ2v) is 5.03. The molecule has 0 amide bonds. The third-order valence-electron chi connectivity index (χ3n) is 3.12. The molecule has 116 valence electrons. The summed E-state index contributed by atoms with van der Waals surface area (Å²) in [6, 6.07) is 13.8. The third kappa shape index (κ3) is 4.56. The first-order chi connectivity index (χ1) is 10.5. The Morgan fingerprint density at radius 2 is 1.64 bits per heavy atom. The minimum absolute atomic E-state index is 0.0533. The van der Waals surface area contributed by atoms with Gasteiger partial charge in [-0.25, -0.2) is 4.39 Å². The Hall–Kier alpha value is -2.40. The molecule has 0 bridgehead atoms. The van der Waals surface area contributed by atoms with Crippen LogP contribution in [0.25, 0.3) is 0 Å². The van der Waals surface area contributed by atoms with Crippen LogP contribution >= 0.6 is 0 Å². The van der Waals surface area contributed by atoms with E-state index >= 15 is 0 Å². The SMILES string of the molecule is CC(O)(CCOC=O)Oc1ccc(F)cc1.c1cc2ccc1=2. The number of carbonyl (C=O) groups excluding carboxylic acids is 1. The monoisotopic (exact) mass is 304 g/mol. The summed E-state index contributed by atoms with van der Waals surface area (Å²) < 4.78 is 22.2. The Morgan fingerprint density at radius 1 is 1.09 bits per heavy atom. The molecule has 1 unspecified atom stereocenters. The molecular weight excluding hydrogens is 287 g/mol. The number of aliphatic hydroxyl groups is 1. The van der Waals surface area contributed by atoms with Gasteiger partial charge in [-0.3, -0.25) is 4.79 Å². The third-order valence-corrected chi connectivity index (χ3v) is 3.12. The Bertz CT molecular complexity index is 660. The van der Waals surface area contributed by atoms with E-state index < -0.39 is 5.79 Å². The Kier molecular flexibility index (Phi) is 5.12. The zero-order valence-electron chi connectivity index (χ0n) is 12.2. The highest BCUT2D eigenvalue weighted by Gasteiger charge is 2.22. The van der Waals surface area contributed by atoms with Gasteiger partial charge in [0, 0.05) is 13.3 Å². The van der Waals surface area contributed by atoms with E-state index in [0.717, 1.165) is 0 Å². The van der Waals surface area contributed by atoms with Gasteiger partial charge in [0.1, 0.15) is 11.6 Å². The topological polar surface area (TPSA) is 55.8 Å². The van der Waals surface area contributed by atoms with Crippen molar-refractivity contribution in [2.24, 2.45) is 0 Å². The van der Waals surface area contributed by atoms with Crippen LogP contribution in [-0.4, -0.2) is 24.0 Å². The molecule has 0 aliphatic heterocycles. The van der Waals surface area contributed by atoms with Crippen LogP contribution in [0.5, 0.6) is 5.75 Å². The van der Waals surface area contributed by atoms with E-state index in [-0.39, 0.29) is 18.8 Å². The standard InChI is InChI=1S/C11H13FO4.C6H4/c1-11(14,6-7-15-8-13)16-10-4-2-9(12)3-5-10;1-2-6-4-3-5(1)6/h2-5,8,14H,6-7H2,1H3;1-4H. The molecule has 5 heteroatoms. The van der Waals surface area contributed by atoms with Crippen LogP contribution in [0.2, 0.25) is 0 Å². The van der Waals surface area contributed by atoms with Gasteiger partial charge in [-0.2, -0.15) is 0 Å². The van der Waals surface area contributed by atoms with Gasteiger partial charge in [0.25, 0.3) is 6.47 Å². The van der Waals surface area contributed by atoms with Crippen molar-refractivity contribution in [1.29, 1.82) is 0 Å². The number of rotatable bonds is 6. The second kappa shape index (κ2) is 7.04. The van der Waals surface area contributed by atoms with Crippen LogP contribution in [0.1, 0.15) is 13.3 Å². The zero-order valence-corrected chi connectivity index (χ0v) is 12.2. The average molecular weight is 304 g/mol. The molecule has 2 aliphatic rings. The van der Waals surface area contributed by atoms with E-state index in [9.17, 15) is 14.3 Å². The van der Waals surface area contributed by atoms with E-state index in [0.29, 0.717) is 12.2 Å². The first-order valence-corrected chi connectivity index (χ1v) is 6.83. The molecule has 0 heterocycles. The average Bonchev–Trinajstić information content (AvgIpc) is 2.46. The van der Waals surface area contributed by atoms with E-state index in [4.69, 9.17) is 4.74 Å². The molecule has 1 atom stereocenters. The lowest BCUT2D eigenvalue weighted by Gasteiger charge is -2.24. The minimum atomic E-state index is -1.46.